The Bertz CT molecular complexity index is 721. The van der Waals surface area contributed by atoms with Gasteiger partial charge in [0.1, 0.15) is 0 Å². The van der Waals surface area contributed by atoms with Crippen LogP contribution in [0.2, 0.25) is 0 Å². The van der Waals surface area contributed by atoms with Crippen LogP contribution in [0.4, 0.5) is 4.79 Å². The molecule has 2 heterocycles. The summed E-state index contributed by atoms with van der Waals surface area (Å²) in [5, 5.41) is 12.2. The molecule has 118 valence electrons. The third-order valence-corrected chi connectivity index (χ3v) is 4.12. The minimum Gasteiger partial charge on any atom is -0.394 e. The highest BCUT2D eigenvalue weighted by molar-refractivity contribution is 5.76. The first-order valence-corrected chi connectivity index (χ1v) is 7.53. The van der Waals surface area contributed by atoms with Gasteiger partial charge >= 0.3 is 11.7 Å². The summed E-state index contributed by atoms with van der Waals surface area (Å²) in [6, 6.07) is 5.28. The summed E-state index contributed by atoms with van der Waals surface area (Å²) in [6.07, 6.45) is 2.87. The van der Waals surface area contributed by atoms with Crippen LogP contribution in [0.25, 0.3) is 11.0 Å². The van der Waals surface area contributed by atoms with Gasteiger partial charge in [-0.2, -0.15) is 0 Å². The van der Waals surface area contributed by atoms with Crippen LogP contribution in [0.15, 0.2) is 23.0 Å². The number of rotatable bonds is 3. The second-order valence-corrected chi connectivity index (χ2v) is 5.64. The number of H-pyrrole nitrogens is 2. The van der Waals surface area contributed by atoms with E-state index in [9.17, 15) is 14.7 Å². The number of aromatic amines is 2. The number of aromatic nitrogens is 2. The average Bonchev–Trinajstić information content (AvgIpc) is 2.91. The lowest BCUT2D eigenvalue weighted by Crippen LogP contribution is -2.49. The molecular formula is C15H20N4O3. The molecule has 0 aliphatic carbocycles. The predicted molar refractivity (Wildman–Crippen MR) is 82.6 cm³/mol. The van der Waals surface area contributed by atoms with E-state index in [1.54, 1.807) is 4.90 Å². The van der Waals surface area contributed by atoms with E-state index >= 15 is 0 Å². The number of amides is 2. The van der Waals surface area contributed by atoms with Gasteiger partial charge in [-0.1, -0.05) is 6.07 Å². The highest BCUT2D eigenvalue weighted by Crippen LogP contribution is 2.17. The van der Waals surface area contributed by atoms with Gasteiger partial charge in [0, 0.05) is 13.1 Å². The number of urea groups is 1. The number of carbonyl (C=O) groups excluding carboxylic acids is 1. The van der Waals surface area contributed by atoms with E-state index in [1.165, 1.54) is 0 Å². The zero-order valence-corrected chi connectivity index (χ0v) is 12.3. The summed E-state index contributed by atoms with van der Waals surface area (Å²) in [5.41, 5.74) is 2.14. The Balaban J connectivity index is 1.65. The summed E-state index contributed by atoms with van der Waals surface area (Å²) < 4.78 is 0. The van der Waals surface area contributed by atoms with Crippen LogP contribution in [-0.4, -0.2) is 45.2 Å². The number of aliphatic hydroxyl groups is 1. The van der Waals surface area contributed by atoms with E-state index in [0.29, 0.717) is 13.1 Å². The summed E-state index contributed by atoms with van der Waals surface area (Å²) >= 11 is 0. The normalized spacial score (nSPS) is 18.6. The Morgan fingerprint density at radius 2 is 2.14 bits per heavy atom. The van der Waals surface area contributed by atoms with Crippen molar-refractivity contribution in [1.82, 2.24) is 20.2 Å². The fourth-order valence-electron chi connectivity index (χ4n) is 2.93. The highest BCUT2D eigenvalue weighted by Gasteiger charge is 2.25. The van der Waals surface area contributed by atoms with Crippen molar-refractivity contribution in [2.24, 2.45) is 0 Å². The SMILES string of the molecule is O=C(NCc1ccc2[nH]c(=O)[nH]c2c1)N1CCCC[C@@H]1CO. The quantitative estimate of drug-likeness (QED) is 0.678. The van der Waals surface area contributed by atoms with E-state index in [-0.39, 0.29) is 24.4 Å². The molecule has 1 aliphatic rings. The van der Waals surface area contributed by atoms with Gasteiger partial charge < -0.3 is 25.3 Å². The second kappa shape index (κ2) is 6.23. The summed E-state index contributed by atoms with van der Waals surface area (Å²) in [4.78, 5) is 30.6. The number of piperidine rings is 1. The molecule has 22 heavy (non-hydrogen) atoms. The molecule has 1 fully saturated rings. The predicted octanol–water partition coefficient (Wildman–Crippen LogP) is 0.913. The van der Waals surface area contributed by atoms with Crippen molar-refractivity contribution in [2.75, 3.05) is 13.2 Å². The first-order valence-electron chi connectivity index (χ1n) is 7.53. The maximum absolute atomic E-state index is 12.2. The molecule has 1 aromatic carbocycles. The van der Waals surface area contributed by atoms with Crippen molar-refractivity contribution in [3.8, 4) is 0 Å². The van der Waals surface area contributed by atoms with Crippen LogP contribution in [0.3, 0.4) is 0 Å². The molecule has 0 radical (unpaired) electrons. The summed E-state index contributed by atoms with van der Waals surface area (Å²) in [5.74, 6) is 0. The van der Waals surface area contributed by atoms with Gasteiger partial charge in [-0.05, 0) is 37.0 Å². The van der Waals surface area contributed by atoms with Crippen LogP contribution in [-0.2, 0) is 6.54 Å². The molecule has 0 saturated carbocycles. The van der Waals surface area contributed by atoms with Crippen molar-refractivity contribution in [3.05, 3.63) is 34.2 Å². The molecule has 7 heteroatoms. The number of likely N-dealkylation sites (tertiary alicyclic amines) is 1. The number of imidazole rings is 1. The van der Waals surface area contributed by atoms with Crippen molar-refractivity contribution in [2.45, 2.75) is 31.8 Å². The van der Waals surface area contributed by atoms with Gasteiger partial charge in [0.15, 0.2) is 0 Å². The molecule has 2 amide bonds. The summed E-state index contributed by atoms with van der Waals surface area (Å²) in [7, 11) is 0. The number of benzene rings is 1. The number of nitrogens with zero attached hydrogens (tertiary/aromatic N) is 1. The molecular weight excluding hydrogens is 284 g/mol. The van der Waals surface area contributed by atoms with Gasteiger partial charge in [0.05, 0.1) is 23.7 Å². The number of fused-ring (bicyclic) bond motifs is 1. The Morgan fingerprint density at radius 3 is 2.95 bits per heavy atom. The van der Waals surface area contributed by atoms with Crippen LogP contribution < -0.4 is 11.0 Å². The van der Waals surface area contributed by atoms with Gasteiger partial charge in [-0.3, -0.25) is 0 Å². The van der Waals surface area contributed by atoms with E-state index in [2.05, 4.69) is 15.3 Å². The Kier molecular flexibility index (Phi) is 4.15. The first kappa shape index (κ1) is 14.6. The standard InChI is InChI=1S/C15H20N4O3/c20-9-11-3-1-2-6-19(11)15(22)16-8-10-4-5-12-13(7-10)18-14(21)17-12/h4-5,7,11,20H,1-3,6,8-9H2,(H,16,22)(H2,17,18,21)/t11-/m1/s1. The molecule has 2 aromatic rings. The van der Waals surface area contributed by atoms with Crippen LogP contribution in [0.5, 0.6) is 0 Å². The maximum Gasteiger partial charge on any atom is 0.323 e. The molecule has 4 N–H and O–H groups in total. The second-order valence-electron chi connectivity index (χ2n) is 5.64. The number of aliphatic hydroxyl groups excluding tert-OH is 1. The van der Waals surface area contributed by atoms with Crippen molar-refractivity contribution >= 4 is 17.1 Å². The molecule has 7 nitrogen and oxygen atoms in total. The van der Waals surface area contributed by atoms with Gasteiger partial charge in [-0.15, -0.1) is 0 Å². The summed E-state index contributed by atoms with van der Waals surface area (Å²) in [6.45, 7) is 1.07. The van der Waals surface area contributed by atoms with Crippen LogP contribution >= 0.6 is 0 Å². The van der Waals surface area contributed by atoms with E-state index in [4.69, 9.17) is 0 Å². The number of carbonyl (C=O) groups is 1. The third-order valence-electron chi connectivity index (χ3n) is 4.12. The maximum atomic E-state index is 12.2. The Labute approximate surface area is 127 Å². The van der Waals surface area contributed by atoms with Crippen molar-refractivity contribution in [3.63, 3.8) is 0 Å². The lowest BCUT2D eigenvalue weighted by atomic mass is 10.0. The third kappa shape index (κ3) is 2.99. The lowest BCUT2D eigenvalue weighted by Gasteiger charge is -2.34. The average molecular weight is 304 g/mol. The molecule has 1 aromatic heterocycles. The zero-order valence-electron chi connectivity index (χ0n) is 12.3. The number of nitrogens with one attached hydrogen (secondary N) is 3. The fourth-order valence-corrected chi connectivity index (χ4v) is 2.93. The molecule has 0 bridgehead atoms. The van der Waals surface area contributed by atoms with Gasteiger partial charge in [0.25, 0.3) is 0 Å². The van der Waals surface area contributed by atoms with Gasteiger partial charge in [0.2, 0.25) is 0 Å². The molecule has 0 spiro atoms. The van der Waals surface area contributed by atoms with E-state index < -0.39 is 0 Å². The molecule has 1 saturated heterocycles. The molecule has 1 atom stereocenters. The fraction of sp³-hybridized carbons (Fsp3) is 0.467. The van der Waals surface area contributed by atoms with E-state index in [1.807, 2.05) is 18.2 Å². The Morgan fingerprint density at radius 1 is 1.32 bits per heavy atom. The van der Waals surface area contributed by atoms with Crippen molar-refractivity contribution in [1.29, 1.82) is 0 Å². The monoisotopic (exact) mass is 304 g/mol. The van der Waals surface area contributed by atoms with Crippen LogP contribution in [0, 0.1) is 0 Å². The minimum atomic E-state index is -0.240. The molecule has 1 aliphatic heterocycles. The largest absolute Gasteiger partial charge is 0.394 e. The smallest absolute Gasteiger partial charge is 0.323 e. The Hall–Kier alpha value is -2.28. The minimum absolute atomic E-state index is 0.00393. The molecule has 0 unspecified atom stereocenters. The molecule has 3 rings (SSSR count). The number of hydrogen-bond donors (Lipinski definition) is 4. The highest BCUT2D eigenvalue weighted by atomic mass is 16.3. The lowest BCUT2D eigenvalue weighted by molar-refractivity contribution is 0.108. The van der Waals surface area contributed by atoms with Crippen molar-refractivity contribution < 1.29 is 9.90 Å². The zero-order chi connectivity index (χ0) is 15.5. The van der Waals surface area contributed by atoms with Gasteiger partial charge in [-0.25, -0.2) is 9.59 Å². The van der Waals surface area contributed by atoms with E-state index in [0.717, 1.165) is 35.9 Å². The number of hydrogen-bond acceptors (Lipinski definition) is 3. The van der Waals surface area contributed by atoms with Crippen LogP contribution in [0.1, 0.15) is 24.8 Å². The topological polar surface area (TPSA) is 101 Å². The first-order chi connectivity index (χ1) is 10.7.